The van der Waals surface area contributed by atoms with Crippen molar-refractivity contribution in [1.29, 1.82) is 0 Å². The van der Waals surface area contributed by atoms with Crippen molar-refractivity contribution in [3.8, 4) is 0 Å². The molecule has 2 amide bonds. The average Bonchev–Trinajstić information content (AvgIpc) is 2.39. The van der Waals surface area contributed by atoms with Crippen molar-refractivity contribution in [3.05, 3.63) is 35.9 Å². The summed E-state index contributed by atoms with van der Waals surface area (Å²) in [6.07, 6.45) is -0.166. The summed E-state index contributed by atoms with van der Waals surface area (Å²) in [6.45, 7) is 2.74. The molecule has 0 aliphatic rings. The molecule has 2 N–H and O–H groups in total. The van der Waals surface area contributed by atoms with E-state index in [4.69, 9.17) is 4.74 Å². The first-order valence-corrected chi connectivity index (χ1v) is 6.23. The van der Waals surface area contributed by atoms with E-state index in [1.807, 2.05) is 37.3 Å². The molecule has 0 spiro atoms. The lowest BCUT2D eigenvalue weighted by molar-refractivity contribution is -0.129. The van der Waals surface area contributed by atoms with Crippen LogP contribution in [-0.4, -0.2) is 32.1 Å². The maximum absolute atomic E-state index is 11.7. The van der Waals surface area contributed by atoms with Gasteiger partial charge in [-0.15, -0.1) is 0 Å². The first-order valence-electron chi connectivity index (χ1n) is 6.23. The van der Waals surface area contributed by atoms with E-state index >= 15 is 0 Å². The Morgan fingerprint density at radius 2 is 1.89 bits per heavy atom. The van der Waals surface area contributed by atoms with Gasteiger partial charge in [0.15, 0.2) is 0 Å². The third-order valence-corrected chi connectivity index (χ3v) is 2.63. The second kappa shape index (κ2) is 8.26. The number of rotatable bonds is 7. The maximum atomic E-state index is 11.7. The van der Waals surface area contributed by atoms with Crippen LogP contribution in [0.3, 0.4) is 0 Å². The Hall–Kier alpha value is -1.88. The van der Waals surface area contributed by atoms with Crippen molar-refractivity contribution < 1.29 is 14.3 Å². The largest absolute Gasteiger partial charge is 0.383 e. The summed E-state index contributed by atoms with van der Waals surface area (Å²) in [7, 11) is 1.56. The van der Waals surface area contributed by atoms with Crippen LogP contribution in [0.15, 0.2) is 30.3 Å². The van der Waals surface area contributed by atoms with E-state index in [0.717, 1.165) is 5.56 Å². The van der Waals surface area contributed by atoms with Gasteiger partial charge in [-0.25, -0.2) is 0 Å². The molecule has 1 atom stereocenters. The minimum absolute atomic E-state index is 0.111. The van der Waals surface area contributed by atoms with Gasteiger partial charge in [0.25, 0.3) is 0 Å². The highest BCUT2D eigenvalue weighted by Crippen LogP contribution is 2.10. The van der Waals surface area contributed by atoms with E-state index in [2.05, 4.69) is 10.6 Å². The van der Waals surface area contributed by atoms with Crippen LogP contribution >= 0.6 is 0 Å². The first kappa shape index (κ1) is 15.2. The smallest absolute Gasteiger partial charge is 0.229 e. The van der Waals surface area contributed by atoms with Crippen LogP contribution in [0.5, 0.6) is 0 Å². The van der Waals surface area contributed by atoms with E-state index in [1.54, 1.807) is 7.11 Å². The van der Waals surface area contributed by atoms with Crippen LogP contribution in [0.1, 0.15) is 24.9 Å². The highest BCUT2D eigenvalue weighted by molar-refractivity contribution is 5.96. The summed E-state index contributed by atoms with van der Waals surface area (Å²) < 4.78 is 4.80. The lowest BCUT2D eigenvalue weighted by atomic mass is 10.1. The van der Waals surface area contributed by atoms with Crippen LogP contribution in [0.2, 0.25) is 0 Å². The monoisotopic (exact) mass is 264 g/mol. The summed E-state index contributed by atoms with van der Waals surface area (Å²) in [5, 5.41) is 5.39. The Kier molecular flexibility index (Phi) is 6.60. The van der Waals surface area contributed by atoms with Crippen molar-refractivity contribution in [2.75, 3.05) is 20.3 Å². The van der Waals surface area contributed by atoms with E-state index in [9.17, 15) is 9.59 Å². The fourth-order valence-electron chi connectivity index (χ4n) is 1.62. The van der Waals surface area contributed by atoms with Gasteiger partial charge in [-0.2, -0.15) is 0 Å². The van der Waals surface area contributed by atoms with Crippen molar-refractivity contribution in [2.45, 2.75) is 19.4 Å². The Morgan fingerprint density at radius 1 is 1.21 bits per heavy atom. The third kappa shape index (κ3) is 6.01. The number of amides is 2. The lowest BCUT2D eigenvalue weighted by Crippen LogP contribution is -2.34. The van der Waals surface area contributed by atoms with Crippen LogP contribution in [0.4, 0.5) is 0 Å². The van der Waals surface area contributed by atoms with Gasteiger partial charge >= 0.3 is 0 Å². The van der Waals surface area contributed by atoms with Gasteiger partial charge in [0.1, 0.15) is 6.42 Å². The zero-order chi connectivity index (χ0) is 14.1. The second-order valence-corrected chi connectivity index (χ2v) is 4.22. The zero-order valence-corrected chi connectivity index (χ0v) is 11.3. The van der Waals surface area contributed by atoms with Gasteiger partial charge in [0, 0.05) is 13.7 Å². The predicted molar refractivity (Wildman–Crippen MR) is 72.5 cm³/mol. The molecule has 0 saturated carbocycles. The van der Waals surface area contributed by atoms with Crippen LogP contribution in [0.25, 0.3) is 0 Å². The van der Waals surface area contributed by atoms with Gasteiger partial charge in [-0.05, 0) is 12.5 Å². The number of hydrogen-bond acceptors (Lipinski definition) is 3. The number of carbonyl (C=O) groups is 2. The van der Waals surface area contributed by atoms with Crippen LogP contribution < -0.4 is 10.6 Å². The molecule has 0 radical (unpaired) electrons. The van der Waals surface area contributed by atoms with Gasteiger partial charge in [-0.3, -0.25) is 9.59 Å². The average molecular weight is 264 g/mol. The number of nitrogens with one attached hydrogen (secondary N) is 2. The SMILES string of the molecule is COCCNC(=O)CC(=O)NC(C)c1ccccc1. The number of benzene rings is 1. The minimum atomic E-state index is -0.296. The minimum Gasteiger partial charge on any atom is -0.383 e. The Morgan fingerprint density at radius 3 is 2.53 bits per heavy atom. The fraction of sp³-hybridized carbons (Fsp3) is 0.429. The van der Waals surface area contributed by atoms with Gasteiger partial charge in [0.2, 0.25) is 11.8 Å². The van der Waals surface area contributed by atoms with E-state index in [0.29, 0.717) is 13.2 Å². The van der Waals surface area contributed by atoms with E-state index in [1.165, 1.54) is 0 Å². The molecule has 0 aliphatic carbocycles. The Bertz CT molecular complexity index is 406. The number of ether oxygens (including phenoxy) is 1. The molecule has 1 aromatic carbocycles. The summed E-state index contributed by atoms with van der Waals surface area (Å²) in [4.78, 5) is 23.1. The molecule has 0 bridgehead atoms. The summed E-state index contributed by atoms with van der Waals surface area (Å²) in [5.41, 5.74) is 1.01. The molecule has 0 saturated heterocycles. The molecule has 104 valence electrons. The molecule has 5 nitrogen and oxygen atoms in total. The fourth-order valence-corrected chi connectivity index (χ4v) is 1.62. The standard InChI is InChI=1S/C14H20N2O3/c1-11(12-6-4-3-5-7-12)16-14(18)10-13(17)15-8-9-19-2/h3-7,11H,8-10H2,1-2H3,(H,15,17)(H,16,18). The molecular weight excluding hydrogens is 244 g/mol. The zero-order valence-electron chi connectivity index (χ0n) is 11.3. The first-order chi connectivity index (χ1) is 9.13. The van der Waals surface area contributed by atoms with Gasteiger partial charge in [-0.1, -0.05) is 30.3 Å². The van der Waals surface area contributed by atoms with Crippen molar-refractivity contribution >= 4 is 11.8 Å². The van der Waals surface area contributed by atoms with Crippen molar-refractivity contribution in [1.82, 2.24) is 10.6 Å². The highest BCUT2D eigenvalue weighted by atomic mass is 16.5. The molecule has 1 aromatic rings. The predicted octanol–water partition coefficient (Wildman–Crippen LogP) is 1.02. The van der Waals surface area contributed by atoms with E-state index in [-0.39, 0.29) is 24.3 Å². The summed E-state index contributed by atoms with van der Waals surface area (Å²) in [6, 6.07) is 9.50. The Labute approximate surface area is 113 Å². The summed E-state index contributed by atoms with van der Waals surface area (Å²) in [5.74, 6) is -0.582. The number of carbonyl (C=O) groups excluding carboxylic acids is 2. The molecule has 1 rings (SSSR count). The summed E-state index contributed by atoms with van der Waals surface area (Å²) >= 11 is 0. The van der Waals surface area contributed by atoms with Crippen LogP contribution in [0, 0.1) is 0 Å². The van der Waals surface area contributed by atoms with E-state index < -0.39 is 0 Å². The lowest BCUT2D eigenvalue weighted by Gasteiger charge is -2.14. The molecule has 0 heterocycles. The molecule has 0 aromatic heterocycles. The van der Waals surface area contributed by atoms with Gasteiger partial charge in [0.05, 0.1) is 12.6 Å². The highest BCUT2D eigenvalue weighted by Gasteiger charge is 2.12. The van der Waals surface area contributed by atoms with Gasteiger partial charge < -0.3 is 15.4 Å². The topological polar surface area (TPSA) is 67.4 Å². The second-order valence-electron chi connectivity index (χ2n) is 4.22. The molecule has 5 heteroatoms. The quantitative estimate of drug-likeness (QED) is 0.570. The number of hydrogen-bond donors (Lipinski definition) is 2. The number of methoxy groups -OCH3 is 1. The molecule has 19 heavy (non-hydrogen) atoms. The molecule has 0 fully saturated rings. The molecule has 1 unspecified atom stereocenters. The van der Waals surface area contributed by atoms with Crippen molar-refractivity contribution in [3.63, 3.8) is 0 Å². The molecule has 0 aliphatic heterocycles. The third-order valence-electron chi connectivity index (χ3n) is 2.63. The van der Waals surface area contributed by atoms with Crippen LogP contribution in [-0.2, 0) is 14.3 Å². The molecular formula is C14H20N2O3. The Balaban J connectivity index is 2.33. The maximum Gasteiger partial charge on any atom is 0.229 e. The normalized spacial score (nSPS) is 11.7. The van der Waals surface area contributed by atoms with Crippen molar-refractivity contribution in [2.24, 2.45) is 0 Å².